The third kappa shape index (κ3) is 3.70. The van der Waals surface area contributed by atoms with Crippen LogP contribution in [0.25, 0.3) is 16.7 Å². The highest BCUT2D eigenvalue weighted by molar-refractivity contribution is 5.73. The van der Waals surface area contributed by atoms with Crippen LogP contribution in [0.3, 0.4) is 0 Å². The predicted molar refractivity (Wildman–Crippen MR) is 137 cm³/mol. The Hall–Kier alpha value is -3.76. The normalized spacial score (nSPS) is 13.6. The smallest absolute Gasteiger partial charge is 0.113 e. The van der Waals surface area contributed by atoms with E-state index in [-0.39, 0.29) is 12.0 Å². The molecule has 5 aromatic rings. The molecule has 34 heavy (non-hydrogen) atoms. The van der Waals surface area contributed by atoms with Gasteiger partial charge in [0.2, 0.25) is 0 Å². The molecule has 1 N–H and O–H groups in total. The number of hydrogen-bond donors (Lipinski definition) is 1. The molecule has 0 saturated heterocycles. The van der Waals surface area contributed by atoms with Gasteiger partial charge >= 0.3 is 0 Å². The maximum absolute atomic E-state index is 10.6. The van der Waals surface area contributed by atoms with Crippen LogP contribution in [0.2, 0.25) is 0 Å². The van der Waals surface area contributed by atoms with E-state index in [9.17, 15) is 5.11 Å². The van der Waals surface area contributed by atoms with Crippen molar-refractivity contribution in [2.45, 2.75) is 31.6 Å². The van der Waals surface area contributed by atoms with Crippen LogP contribution in [-0.2, 0) is 10.8 Å². The van der Waals surface area contributed by atoms with E-state index in [2.05, 4.69) is 75.4 Å². The summed E-state index contributed by atoms with van der Waals surface area (Å²) >= 11 is 0. The van der Waals surface area contributed by atoms with E-state index < -0.39 is 5.41 Å². The lowest BCUT2D eigenvalue weighted by atomic mass is 9.72. The van der Waals surface area contributed by atoms with E-state index in [1.807, 2.05) is 48.5 Å². The Morgan fingerprint density at radius 2 is 1.18 bits per heavy atom. The van der Waals surface area contributed by atoms with Crippen molar-refractivity contribution in [1.29, 1.82) is 0 Å². The van der Waals surface area contributed by atoms with Crippen LogP contribution in [0.5, 0.6) is 0 Å². The van der Waals surface area contributed by atoms with Crippen LogP contribution in [-0.4, -0.2) is 26.7 Å². The molecule has 0 radical (unpaired) electrons. The van der Waals surface area contributed by atoms with Gasteiger partial charge in [-0.25, -0.2) is 0 Å². The molecule has 0 aliphatic carbocycles. The van der Waals surface area contributed by atoms with Crippen molar-refractivity contribution in [2.24, 2.45) is 0 Å². The van der Waals surface area contributed by atoms with Crippen molar-refractivity contribution in [2.75, 3.05) is 6.61 Å². The second kappa shape index (κ2) is 8.54. The highest BCUT2D eigenvalue weighted by Crippen LogP contribution is 2.39. The van der Waals surface area contributed by atoms with E-state index in [1.54, 1.807) is 4.80 Å². The van der Waals surface area contributed by atoms with Crippen molar-refractivity contribution in [3.8, 4) is 5.69 Å². The second-order valence-corrected chi connectivity index (χ2v) is 9.56. The van der Waals surface area contributed by atoms with Gasteiger partial charge in [0.25, 0.3) is 0 Å². The van der Waals surface area contributed by atoms with Crippen LogP contribution in [0.15, 0.2) is 103 Å². The minimum Gasteiger partial charge on any atom is -0.395 e. The summed E-state index contributed by atoms with van der Waals surface area (Å²) in [5.41, 5.74) is 6.24. The molecular weight excluding hydrogens is 418 g/mol. The van der Waals surface area contributed by atoms with Crippen molar-refractivity contribution in [1.82, 2.24) is 15.0 Å². The number of fused-ring (bicyclic) bond motifs is 1. The number of aliphatic hydroxyl groups is 1. The highest BCUT2D eigenvalue weighted by atomic mass is 16.3. The second-order valence-electron chi connectivity index (χ2n) is 9.56. The Labute approximate surface area is 200 Å². The number of hydrogen-bond acceptors (Lipinski definition) is 3. The zero-order valence-electron chi connectivity index (χ0n) is 19.8. The van der Waals surface area contributed by atoms with Crippen LogP contribution >= 0.6 is 0 Å². The minimum absolute atomic E-state index is 0.00543. The first-order valence-corrected chi connectivity index (χ1v) is 11.6. The van der Waals surface area contributed by atoms with Crippen LogP contribution in [0, 0.1) is 0 Å². The molecule has 170 valence electrons. The molecular formula is C30H29N3O. The van der Waals surface area contributed by atoms with Gasteiger partial charge in [0, 0.05) is 10.8 Å². The number of aliphatic hydroxyl groups excluding tert-OH is 1. The van der Waals surface area contributed by atoms with E-state index in [0.29, 0.717) is 0 Å². The summed E-state index contributed by atoms with van der Waals surface area (Å²) in [6, 6.07) is 35.0. The molecule has 0 bridgehead atoms. The van der Waals surface area contributed by atoms with E-state index in [1.165, 1.54) is 5.56 Å². The van der Waals surface area contributed by atoms with Gasteiger partial charge in [0.15, 0.2) is 0 Å². The quantitative estimate of drug-likeness (QED) is 0.345. The van der Waals surface area contributed by atoms with Crippen LogP contribution in [0.1, 0.15) is 43.0 Å². The average molecular weight is 448 g/mol. The van der Waals surface area contributed by atoms with Crippen molar-refractivity contribution >= 4 is 11.0 Å². The number of aromatic nitrogens is 3. The molecule has 4 nitrogen and oxygen atoms in total. The van der Waals surface area contributed by atoms with Gasteiger partial charge in [-0.05, 0) is 47.4 Å². The van der Waals surface area contributed by atoms with Crippen molar-refractivity contribution < 1.29 is 5.11 Å². The van der Waals surface area contributed by atoms with Gasteiger partial charge in [-0.15, -0.1) is 10.2 Å². The standard InChI is InChI=1S/C30H29N3O/c1-29(2,22-12-6-4-7-13-22)25-20-24(30(3,21-34)23-14-8-5-9-15-23)18-19-28(25)33-31-26-16-10-11-17-27(26)32-33/h4-20,34H,21H2,1-3H3. The molecule has 1 atom stereocenters. The van der Waals surface area contributed by atoms with Gasteiger partial charge < -0.3 is 5.11 Å². The van der Waals surface area contributed by atoms with Gasteiger partial charge in [-0.3, -0.25) is 0 Å². The molecule has 5 rings (SSSR count). The third-order valence-electron chi connectivity index (χ3n) is 7.03. The lowest BCUT2D eigenvalue weighted by molar-refractivity contribution is 0.231. The zero-order chi connectivity index (χ0) is 23.8. The van der Waals surface area contributed by atoms with E-state index >= 15 is 0 Å². The lowest BCUT2D eigenvalue weighted by Crippen LogP contribution is -2.30. The maximum atomic E-state index is 10.6. The van der Waals surface area contributed by atoms with Crippen LogP contribution in [0.4, 0.5) is 0 Å². The summed E-state index contributed by atoms with van der Waals surface area (Å²) in [6.07, 6.45) is 0. The van der Waals surface area contributed by atoms with E-state index in [0.717, 1.165) is 33.4 Å². The Morgan fingerprint density at radius 1 is 0.647 bits per heavy atom. The minimum atomic E-state index is -0.538. The predicted octanol–water partition coefficient (Wildman–Crippen LogP) is 6.04. The number of rotatable bonds is 6. The molecule has 1 heterocycles. The molecule has 0 fully saturated rings. The van der Waals surface area contributed by atoms with Gasteiger partial charge in [-0.2, -0.15) is 4.80 Å². The lowest BCUT2D eigenvalue weighted by Gasteiger charge is -2.33. The first kappa shape index (κ1) is 22.1. The molecule has 0 aliphatic rings. The molecule has 0 saturated carbocycles. The number of benzene rings is 4. The molecule has 0 aliphatic heterocycles. The van der Waals surface area contributed by atoms with Crippen molar-refractivity contribution in [3.05, 3.63) is 125 Å². The summed E-state index contributed by atoms with van der Waals surface area (Å²) in [5.74, 6) is 0. The number of nitrogens with zero attached hydrogens (tertiary/aromatic N) is 3. The fourth-order valence-electron chi connectivity index (χ4n) is 4.69. The molecule has 0 amide bonds. The first-order valence-electron chi connectivity index (χ1n) is 11.6. The topological polar surface area (TPSA) is 50.9 Å². The summed E-state index contributed by atoms with van der Waals surface area (Å²) in [4.78, 5) is 1.74. The Bertz CT molecular complexity index is 1390. The van der Waals surface area contributed by atoms with Gasteiger partial charge in [0.1, 0.15) is 11.0 Å². The summed E-state index contributed by atoms with van der Waals surface area (Å²) in [7, 11) is 0. The van der Waals surface area contributed by atoms with Crippen LogP contribution < -0.4 is 0 Å². The zero-order valence-corrected chi connectivity index (χ0v) is 19.8. The summed E-state index contributed by atoms with van der Waals surface area (Å²) in [6.45, 7) is 6.56. The SMILES string of the molecule is CC(C)(c1ccccc1)c1cc(C(C)(CO)c2ccccc2)ccc1-n1nc2ccccc2n1. The maximum Gasteiger partial charge on any atom is 0.113 e. The fraction of sp³-hybridized carbons (Fsp3) is 0.200. The summed E-state index contributed by atoms with van der Waals surface area (Å²) < 4.78 is 0. The Kier molecular flexibility index (Phi) is 5.54. The van der Waals surface area contributed by atoms with Crippen molar-refractivity contribution in [3.63, 3.8) is 0 Å². The molecule has 1 aromatic heterocycles. The summed E-state index contributed by atoms with van der Waals surface area (Å²) in [5, 5.41) is 20.1. The molecule has 4 heteroatoms. The molecule has 0 spiro atoms. The van der Waals surface area contributed by atoms with Gasteiger partial charge in [0.05, 0.1) is 12.3 Å². The average Bonchev–Trinajstić information content (AvgIpc) is 3.33. The highest BCUT2D eigenvalue weighted by Gasteiger charge is 2.33. The Balaban J connectivity index is 1.74. The fourth-order valence-corrected chi connectivity index (χ4v) is 4.69. The third-order valence-corrected chi connectivity index (χ3v) is 7.03. The molecule has 4 aromatic carbocycles. The molecule has 1 unspecified atom stereocenters. The van der Waals surface area contributed by atoms with E-state index in [4.69, 9.17) is 10.2 Å². The Morgan fingerprint density at radius 3 is 1.74 bits per heavy atom. The first-order chi connectivity index (χ1) is 16.4. The van der Waals surface area contributed by atoms with Gasteiger partial charge in [-0.1, -0.05) is 98.8 Å². The largest absolute Gasteiger partial charge is 0.395 e. The monoisotopic (exact) mass is 447 g/mol.